The van der Waals surface area contributed by atoms with Gasteiger partial charge in [-0.05, 0) is 37.5 Å². The van der Waals surface area contributed by atoms with Crippen LogP contribution in [0.2, 0.25) is 0 Å². The van der Waals surface area contributed by atoms with E-state index >= 15 is 0 Å². The minimum absolute atomic E-state index is 0.0774. The second-order valence-corrected chi connectivity index (χ2v) is 9.80. The molecule has 0 bridgehead atoms. The maximum Gasteiger partial charge on any atom is 0.253 e. The van der Waals surface area contributed by atoms with Crippen LogP contribution >= 0.6 is 0 Å². The molecule has 1 heterocycles. The number of rotatable bonds is 6. The van der Waals surface area contributed by atoms with Gasteiger partial charge in [-0.25, -0.2) is 17.2 Å². The Kier molecular flexibility index (Phi) is 6.24. The topological polar surface area (TPSA) is 68.2 Å². The zero-order chi connectivity index (χ0) is 21.2. The van der Waals surface area contributed by atoms with Gasteiger partial charge in [-0.3, -0.25) is 4.79 Å². The molecule has 0 aliphatic heterocycles. The molecule has 0 radical (unpaired) electrons. The van der Waals surface area contributed by atoms with Crippen LogP contribution in [0.3, 0.4) is 0 Å². The van der Waals surface area contributed by atoms with Crippen molar-refractivity contribution in [1.82, 2.24) is 9.88 Å². The maximum absolute atomic E-state index is 13.3. The molecular weight excluding hydrogens is 398 g/mol. The van der Waals surface area contributed by atoms with Crippen LogP contribution in [-0.2, 0) is 16.9 Å². The fraction of sp³-hybridized carbons (Fsp3) is 0.476. The van der Waals surface area contributed by atoms with Crippen LogP contribution in [0, 0.1) is 6.92 Å². The first-order valence-corrected chi connectivity index (χ1v) is 11.3. The minimum atomic E-state index is -3.60. The van der Waals surface area contributed by atoms with Crippen molar-refractivity contribution in [3.8, 4) is 11.1 Å². The van der Waals surface area contributed by atoms with Crippen LogP contribution in [0.4, 0.5) is 8.78 Å². The lowest BCUT2D eigenvalue weighted by Crippen LogP contribution is -2.39. The monoisotopic (exact) mass is 424 g/mol. The van der Waals surface area contributed by atoms with Gasteiger partial charge in [-0.15, -0.1) is 0 Å². The summed E-state index contributed by atoms with van der Waals surface area (Å²) < 4.78 is 53.9. The number of aromatic nitrogens is 1. The average Bonchev–Trinajstić information content (AvgIpc) is 2.67. The third-order valence-corrected chi connectivity index (χ3v) is 7.18. The zero-order valence-corrected chi connectivity index (χ0v) is 17.4. The summed E-state index contributed by atoms with van der Waals surface area (Å²) in [5, 5.41) is 3.11. The Morgan fingerprint density at radius 1 is 1.21 bits per heavy atom. The van der Waals surface area contributed by atoms with Crippen LogP contribution in [0.5, 0.6) is 0 Å². The normalized spacial score (nSPS) is 17.4. The van der Waals surface area contributed by atoms with Crippen molar-refractivity contribution < 1.29 is 17.2 Å². The number of hydrogen-bond acceptors (Lipinski definition) is 4. The van der Waals surface area contributed by atoms with Crippen LogP contribution in [0.1, 0.15) is 31.2 Å². The maximum atomic E-state index is 13.3. The van der Waals surface area contributed by atoms with Gasteiger partial charge in [-0.2, -0.15) is 0 Å². The van der Waals surface area contributed by atoms with Gasteiger partial charge < -0.3 is 9.88 Å². The second kappa shape index (κ2) is 8.36. The lowest BCUT2D eigenvalue weighted by Gasteiger charge is -2.28. The molecule has 0 spiro atoms. The molecule has 3 rings (SSSR count). The van der Waals surface area contributed by atoms with E-state index in [1.54, 1.807) is 50.5 Å². The van der Waals surface area contributed by atoms with E-state index in [1.165, 1.54) is 4.57 Å². The summed E-state index contributed by atoms with van der Waals surface area (Å²) in [6.45, 7) is 1.90. The molecule has 1 N–H and O–H groups in total. The molecule has 1 aromatic carbocycles. The first-order chi connectivity index (χ1) is 13.6. The number of nitrogens with one attached hydrogen (secondary N) is 1. The van der Waals surface area contributed by atoms with Crippen molar-refractivity contribution in [3.05, 3.63) is 52.4 Å². The summed E-state index contributed by atoms with van der Waals surface area (Å²) in [7, 11) is -1.96. The van der Waals surface area contributed by atoms with E-state index in [-0.39, 0.29) is 41.6 Å². The van der Waals surface area contributed by atoms with Crippen LogP contribution in [0.25, 0.3) is 11.1 Å². The Balaban J connectivity index is 1.76. The summed E-state index contributed by atoms with van der Waals surface area (Å²) in [5.74, 6) is -2.72. The first kappa shape index (κ1) is 21.6. The van der Waals surface area contributed by atoms with E-state index in [2.05, 4.69) is 5.32 Å². The number of nitrogens with zero attached hydrogens (tertiary/aromatic N) is 1. The number of halogens is 2. The molecular formula is C21H26F2N2O3S. The van der Waals surface area contributed by atoms with E-state index in [1.807, 2.05) is 0 Å². The van der Waals surface area contributed by atoms with Crippen molar-refractivity contribution in [3.63, 3.8) is 0 Å². The molecule has 0 unspecified atom stereocenters. The molecule has 1 saturated carbocycles. The van der Waals surface area contributed by atoms with Gasteiger partial charge in [0.25, 0.3) is 5.56 Å². The van der Waals surface area contributed by atoms with Crippen molar-refractivity contribution in [2.75, 3.05) is 12.3 Å². The molecule has 1 aliphatic rings. The molecule has 158 valence electrons. The van der Waals surface area contributed by atoms with E-state index in [0.717, 1.165) is 0 Å². The number of benzene rings is 1. The van der Waals surface area contributed by atoms with Gasteiger partial charge in [0.1, 0.15) is 0 Å². The van der Waals surface area contributed by atoms with Crippen LogP contribution in [-0.4, -0.2) is 37.2 Å². The number of alkyl halides is 2. The van der Waals surface area contributed by atoms with Crippen LogP contribution < -0.4 is 10.9 Å². The number of hydrogen-bond donors (Lipinski definition) is 1. The smallest absolute Gasteiger partial charge is 0.253 e. The summed E-state index contributed by atoms with van der Waals surface area (Å²) in [4.78, 5) is 12.2. The van der Waals surface area contributed by atoms with Crippen molar-refractivity contribution >= 4 is 9.84 Å². The fourth-order valence-electron chi connectivity index (χ4n) is 3.75. The Bertz CT molecular complexity index is 1010. The summed E-state index contributed by atoms with van der Waals surface area (Å²) in [6, 6.07) is 8.33. The van der Waals surface area contributed by atoms with E-state index in [9.17, 15) is 22.0 Å². The Hall–Kier alpha value is -2.06. The van der Waals surface area contributed by atoms with Crippen LogP contribution in [0.15, 0.2) is 46.2 Å². The first-order valence-electron chi connectivity index (χ1n) is 9.70. The Morgan fingerprint density at radius 3 is 2.52 bits per heavy atom. The standard InChI is InChI=1S/C21H26F2N2O3S/c1-15-13-16(14-25(2)20(15)26)18-5-3-4-6-19(18)29(27,28)12-11-24-17-7-9-21(22,23)10-8-17/h3-6,13-14,17,24H,7-12H2,1-2H3. The molecule has 8 heteroatoms. The predicted molar refractivity (Wildman–Crippen MR) is 109 cm³/mol. The van der Waals surface area contributed by atoms with E-state index in [0.29, 0.717) is 29.5 Å². The minimum Gasteiger partial charge on any atom is -0.318 e. The van der Waals surface area contributed by atoms with E-state index in [4.69, 9.17) is 0 Å². The highest BCUT2D eigenvalue weighted by atomic mass is 32.2. The largest absolute Gasteiger partial charge is 0.318 e. The molecule has 1 aromatic heterocycles. The lowest BCUT2D eigenvalue weighted by atomic mass is 9.92. The highest BCUT2D eigenvalue weighted by Gasteiger charge is 2.34. The van der Waals surface area contributed by atoms with E-state index < -0.39 is 15.8 Å². The molecule has 0 saturated heterocycles. The van der Waals surface area contributed by atoms with Gasteiger partial charge in [0.2, 0.25) is 5.92 Å². The molecule has 1 fully saturated rings. The fourth-order valence-corrected chi connectivity index (χ4v) is 5.17. The number of aryl methyl sites for hydroxylation is 2. The van der Waals surface area contributed by atoms with Crippen molar-refractivity contribution in [2.24, 2.45) is 7.05 Å². The number of pyridine rings is 1. The summed E-state index contributed by atoms with van der Waals surface area (Å²) in [5.41, 5.74) is 1.61. The second-order valence-electron chi connectivity index (χ2n) is 7.73. The highest BCUT2D eigenvalue weighted by Crippen LogP contribution is 2.33. The summed E-state index contributed by atoms with van der Waals surface area (Å²) >= 11 is 0. The third kappa shape index (κ3) is 5.11. The van der Waals surface area contributed by atoms with Gasteiger partial charge >= 0.3 is 0 Å². The average molecular weight is 425 g/mol. The lowest BCUT2D eigenvalue weighted by molar-refractivity contribution is -0.0402. The Labute approximate surface area is 169 Å². The quantitative estimate of drug-likeness (QED) is 0.773. The van der Waals surface area contributed by atoms with Crippen molar-refractivity contribution in [1.29, 1.82) is 0 Å². The molecule has 5 nitrogen and oxygen atoms in total. The van der Waals surface area contributed by atoms with Crippen molar-refractivity contribution in [2.45, 2.75) is 49.5 Å². The SMILES string of the molecule is Cc1cc(-c2ccccc2S(=O)(=O)CCNC2CCC(F)(F)CC2)cn(C)c1=O. The molecule has 2 aromatic rings. The molecule has 0 amide bonds. The van der Waals surface area contributed by atoms with Gasteiger partial charge in [-0.1, -0.05) is 18.2 Å². The third-order valence-electron chi connectivity index (χ3n) is 5.42. The Morgan fingerprint density at radius 2 is 1.86 bits per heavy atom. The number of sulfone groups is 1. The molecule has 1 aliphatic carbocycles. The molecule has 0 atom stereocenters. The molecule has 29 heavy (non-hydrogen) atoms. The summed E-state index contributed by atoms with van der Waals surface area (Å²) in [6.07, 6.45) is 2.00. The zero-order valence-electron chi connectivity index (χ0n) is 16.6. The van der Waals surface area contributed by atoms with Gasteiger partial charge in [0, 0.05) is 49.8 Å². The predicted octanol–water partition coefficient (Wildman–Crippen LogP) is 3.30. The van der Waals surface area contributed by atoms with Gasteiger partial charge in [0.05, 0.1) is 10.6 Å². The highest BCUT2D eigenvalue weighted by molar-refractivity contribution is 7.91. The van der Waals surface area contributed by atoms with Gasteiger partial charge in [0.15, 0.2) is 9.84 Å².